The molecule has 8 heteroatoms. The maximum atomic E-state index is 13.9. The number of nitrogens with zero attached hydrogens (tertiary/aromatic N) is 1. The molecule has 0 radical (unpaired) electrons. The van der Waals surface area contributed by atoms with Gasteiger partial charge in [-0.25, -0.2) is 13.6 Å². The van der Waals surface area contributed by atoms with Crippen LogP contribution in [0, 0.1) is 11.6 Å². The second-order valence-electron chi connectivity index (χ2n) is 5.57. The second-order valence-corrected chi connectivity index (χ2v) is 5.98. The summed E-state index contributed by atoms with van der Waals surface area (Å²) in [5, 5.41) is 2.93. The average molecular weight is 385 g/mol. The highest BCUT2D eigenvalue weighted by molar-refractivity contribution is 6.32. The number of methoxy groups -OCH3 is 2. The van der Waals surface area contributed by atoms with Crippen molar-refractivity contribution >= 4 is 23.3 Å². The molecular weight excluding hydrogens is 366 g/mol. The highest BCUT2D eigenvalue weighted by Gasteiger charge is 2.22. The number of rotatable bonds is 5. The molecule has 2 amide bonds. The van der Waals surface area contributed by atoms with Gasteiger partial charge in [-0.1, -0.05) is 11.6 Å². The average Bonchev–Trinajstić information content (AvgIpc) is 2.62. The maximum Gasteiger partial charge on any atom is 0.322 e. The molecule has 0 spiro atoms. The Balaban J connectivity index is 2.24. The third-order valence-electron chi connectivity index (χ3n) is 4.02. The summed E-state index contributed by atoms with van der Waals surface area (Å²) in [6.07, 6.45) is 0. The molecule has 0 aliphatic carbocycles. The number of carbonyl (C=O) groups is 1. The Kier molecular flexibility index (Phi) is 6.26. The van der Waals surface area contributed by atoms with Crippen LogP contribution >= 0.6 is 11.6 Å². The van der Waals surface area contributed by atoms with Crippen LogP contribution in [0.3, 0.4) is 0 Å². The van der Waals surface area contributed by atoms with Crippen LogP contribution in [0.25, 0.3) is 0 Å². The minimum absolute atomic E-state index is 0.0716. The van der Waals surface area contributed by atoms with Crippen molar-refractivity contribution in [2.24, 2.45) is 0 Å². The van der Waals surface area contributed by atoms with Gasteiger partial charge >= 0.3 is 6.03 Å². The molecule has 1 atom stereocenters. The van der Waals surface area contributed by atoms with Gasteiger partial charge in [0.05, 0.1) is 31.0 Å². The van der Waals surface area contributed by atoms with Crippen LogP contribution in [-0.2, 0) is 0 Å². The fraction of sp³-hybridized carbons (Fsp3) is 0.278. The normalized spacial score (nSPS) is 11.7. The number of amides is 2. The number of hydrogen-bond acceptors (Lipinski definition) is 3. The van der Waals surface area contributed by atoms with Gasteiger partial charge in [0.15, 0.2) is 0 Å². The van der Waals surface area contributed by atoms with E-state index in [4.69, 9.17) is 21.1 Å². The zero-order valence-electron chi connectivity index (χ0n) is 14.8. The Morgan fingerprint density at radius 3 is 2.42 bits per heavy atom. The monoisotopic (exact) mass is 384 g/mol. The van der Waals surface area contributed by atoms with Crippen molar-refractivity contribution in [1.82, 2.24) is 4.90 Å². The largest absolute Gasteiger partial charge is 0.495 e. The number of carbonyl (C=O) groups excluding carboxylic acids is 1. The molecule has 1 N–H and O–H groups in total. The molecule has 0 aliphatic heterocycles. The minimum atomic E-state index is -0.703. The predicted octanol–water partition coefficient (Wildman–Crippen LogP) is 4.86. The minimum Gasteiger partial charge on any atom is -0.495 e. The summed E-state index contributed by atoms with van der Waals surface area (Å²) in [6, 6.07) is 4.89. The van der Waals surface area contributed by atoms with E-state index in [9.17, 15) is 13.6 Å². The molecule has 0 aromatic heterocycles. The Morgan fingerprint density at radius 1 is 1.15 bits per heavy atom. The summed E-state index contributed by atoms with van der Waals surface area (Å²) >= 11 is 6.08. The smallest absolute Gasteiger partial charge is 0.322 e. The van der Waals surface area contributed by atoms with Crippen molar-refractivity contribution in [3.8, 4) is 11.5 Å². The number of nitrogens with one attached hydrogen (secondary N) is 1. The van der Waals surface area contributed by atoms with Gasteiger partial charge in [0.25, 0.3) is 0 Å². The molecule has 5 nitrogen and oxygen atoms in total. The molecule has 2 aromatic rings. The van der Waals surface area contributed by atoms with E-state index in [1.165, 1.54) is 38.3 Å². The summed E-state index contributed by atoms with van der Waals surface area (Å²) in [6.45, 7) is 1.59. The first-order valence-corrected chi connectivity index (χ1v) is 8.06. The molecular formula is C18H19ClF2N2O3. The third-order valence-corrected chi connectivity index (χ3v) is 4.32. The van der Waals surface area contributed by atoms with Gasteiger partial charge in [-0.05, 0) is 31.2 Å². The molecule has 26 heavy (non-hydrogen) atoms. The lowest BCUT2D eigenvalue weighted by Gasteiger charge is -2.26. The van der Waals surface area contributed by atoms with E-state index in [1.54, 1.807) is 6.92 Å². The number of anilines is 1. The van der Waals surface area contributed by atoms with E-state index < -0.39 is 23.7 Å². The van der Waals surface area contributed by atoms with E-state index in [0.29, 0.717) is 17.2 Å². The zero-order valence-corrected chi connectivity index (χ0v) is 15.5. The Labute approximate surface area is 155 Å². The van der Waals surface area contributed by atoms with Crippen LogP contribution in [0.5, 0.6) is 11.5 Å². The lowest BCUT2D eigenvalue weighted by molar-refractivity contribution is 0.207. The van der Waals surface area contributed by atoms with Crippen LogP contribution in [0.2, 0.25) is 5.02 Å². The first-order valence-electron chi connectivity index (χ1n) is 7.68. The topological polar surface area (TPSA) is 50.8 Å². The van der Waals surface area contributed by atoms with Crippen LogP contribution in [-0.4, -0.2) is 32.2 Å². The van der Waals surface area contributed by atoms with Crippen molar-refractivity contribution < 1.29 is 23.0 Å². The number of urea groups is 1. The molecule has 1 unspecified atom stereocenters. The summed E-state index contributed by atoms with van der Waals surface area (Å²) in [5.74, 6) is -0.433. The Bertz CT molecular complexity index is 817. The van der Waals surface area contributed by atoms with Gasteiger partial charge in [-0.15, -0.1) is 0 Å². The highest BCUT2D eigenvalue weighted by atomic mass is 35.5. The van der Waals surface area contributed by atoms with Crippen LogP contribution in [0.15, 0.2) is 30.3 Å². The van der Waals surface area contributed by atoms with E-state index >= 15 is 0 Å². The van der Waals surface area contributed by atoms with E-state index in [2.05, 4.69) is 5.32 Å². The number of halogens is 3. The summed E-state index contributed by atoms with van der Waals surface area (Å²) in [4.78, 5) is 13.8. The Hall–Kier alpha value is -2.54. The standard InChI is InChI=1S/C18H19ClF2N2O3/c1-10(12-7-11(20)5-6-14(12)21)23(2)18(24)22-15-8-13(19)16(25-3)9-17(15)26-4/h5-10H,1-4H3,(H,22,24). The van der Waals surface area contributed by atoms with E-state index in [0.717, 1.165) is 18.2 Å². The SMILES string of the molecule is COc1cc(OC)c(NC(=O)N(C)C(C)c2cc(F)ccc2F)cc1Cl. The third kappa shape index (κ3) is 4.16. The Morgan fingerprint density at radius 2 is 1.81 bits per heavy atom. The first-order chi connectivity index (χ1) is 12.3. The van der Waals surface area contributed by atoms with Gasteiger partial charge in [-0.3, -0.25) is 0 Å². The van der Waals surface area contributed by atoms with Crippen molar-refractivity contribution in [1.29, 1.82) is 0 Å². The molecule has 0 saturated carbocycles. The van der Waals surface area contributed by atoms with Crippen molar-refractivity contribution in [2.75, 3.05) is 26.6 Å². The lowest BCUT2D eigenvalue weighted by Crippen LogP contribution is -2.34. The first kappa shape index (κ1) is 19.8. The van der Waals surface area contributed by atoms with Gasteiger partial charge in [0, 0.05) is 18.7 Å². The fourth-order valence-corrected chi connectivity index (χ4v) is 2.62. The van der Waals surface area contributed by atoms with Gasteiger partial charge < -0.3 is 19.7 Å². The van der Waals surface area contributed by atoms with Crippen LogP contribution in [0.1, 0.15) is 18.5 Å². The molecule has 0 heterocycles. The number of hydrogen-bond donors (Lipinski definition) is 1. The highest BCUT2D eigenvalue weighted by Crippen LogP contribution is 2.36. The second kappa shape index (κ2) is 8.23. The van der Waals surface area contributed by atoms with Gasteiger partial charge in [-0.2, -0.15) is 0 Å². The van der Waals surface area contributed by atoms with Gasteiger partial charge in [0.2, 0.25) is 0 Å². The summed E-state index contributed by atoms with van der Waals surface area (Å²) < 4.78 is 37.7. The molecule has 0 aliphatic rings. The number of benzene rings is 2. The van der Waals surface area contributed by atoms with Crippen molar-refractivity contribution in [3.63, 3.8) is 0 Å². The number of ether oxygens (including phenoxy) is 2. The van der Waals surface area contributed by atoms with E-state index in [1.807, 2.05) is 0 Å². The molecule has 0 bridgehead atoms. The van der Waals surface area contributed by atoms with Crippen LogP contribution < -0.4 is 14.8 Å². The summed E-state index contributed by atoms with van der Waals surface area (Å²) in [5.41, 5.74) is 0.393. The predicted molar refractivity (Wildman–Crippen MR) is 96.1 cm³/mol. The summed E-state index contributed by atoms with van der Waals surface area (Å²) in [7, 11) is 4.37. The van der Waals surface area contributed by atoms with Crippen LogP contribution in [0.4, 0.5) is 19.3 Å². The quantitative estimate of drug-likeness (QED) is 0.800. The van der Waals surface area contributed by atoms with E-state index in [-0.39, 0.29) is 10.6 Å². The molecule has 0 fully saturated rings. The van der Waals surface area contributed by atoms with Gasteiger partial charge in [0.1, 0.15) is 23.1 Å². The fourth-order valence-electron chi connectivity index (χ4n) is 2.38. The van der Waals surface area contributed by atoms with Crippen molar-refractivity contribution in [3.05, 3.63) is 52.6 Å². The lowest BCUT2D eigenvalue weighted by atomic mass is 10.1. The zero-order chi connectivity index (χ0) is 19.4. The maximum absolute atomic E-state index is 13.9. The molecule has 140 valence electrons. The molecule has 2 aromatic carbocycles. The van der Waals surface area contributed by atoms with Crippen molar-refractivity contribution in [2.45, 2.75) is 13.0 Å². The molecule has 0 saturated heterocycles. The molecule has 2 rings (SSSR count).